The number of amides is 2. The summed E-state index contributed by atoms with van der Waals surface area (Å²) >= 11 is 1.74. The number of carbonyl (C=O) groups excluding carboxylic acids is 1. The number of rotatable bonds is 2. The number of hydrogen-bond acceptors (Lipinski definition) is 2. The molecule has 1 aromatic heterocycles. The lowest BCUT2D eigenvalue weighted by atomic mass is 10.4. The van der Waals surface area contributed by atoms with Gasteiger partial charge in [-0.05, 0) is 31.9 Å². The van der Waals surface area contributed by atoms with Crippen molar-refractivity contribution in [2.75, 3.05) is 13.1 Å². The van der Waals surface area contributed by atoms with Gasteiger partial charge in [-0.15, -0.1) is 11.3 Å². The van der Waals surface area contributed by atoms with Crippen molar-refractivity contribution in [2.45, 2.75) is 26.3 Å². The largest absolute Gasteiger partial charge is 0.333 e. The number of thiophene rings is 1. The molecule has 82 valence electrons. The van der Waals surface area contributed by atoms with Crippen LogP contribution in [0.5, 0.6) is 0 Å². The van der Waals surface area contributed by atoms with Crippen LogP contribution < -0.4 is 5.32 Å². The second-order valence-electron chi connectivity index (χ2n) is 3.87. The average Bonchev–Trinajstić information content (AvgIpc) is 2.84. The molecule has 1 fully saturated rings. The van der Waals surface area contributed by atoms with Crippen LogP contribution in [0.15, 0.2) is 12.1 Å². The van der Waals surface area contributed by atoms with Crippen molar-refractivity contribution in [1.82, 2.24) is 10.2 Å². The zero-order valence-corrected chi connectivity index (χ0v) is 9.77. The summed E-state index contributed by atoms with van der Waals surface area (Å²) in [7, 11) is 0. The molecule has 0 unspecified atom stereocenters. The standard InChI is InChI=1S/C11H16N2OS/c1-9-4-5-10(15-9)8-12-11(14)13-6-2-3-7-13/h4-5H,2-3,6-8H2,1H3,(H,12,14). The Morgan fingerprint density at radius 2 is 2.20 bits per heavy atom. The van der Waals surface area contributed by atoms with Gasteiger partial charge in [-0.1, -0.05) is 0 Å². The highest BCUT2D eigenvalue weighted by Gasteiger charge is 2.17. The highest BCUT2D eigenvalue weighted by Crippen LogP contribution is 2.15. The molecule has 0 aliphatic carbocycles. The first-order valence-electron chi connectivity index (χ1n) is 5.34. The molecule has 0 spiro atoms. The minimum Gasteiger partial charge on any atom is -0.333 e. The summed E-state index contributed by atoms with van der Waals surface area (Å²) in [4.78, 5) is 16.0. The maximum Gasteiger partial charge on any atom is 0.317 e. The van der Waals surface area contributed by atoms with Crippen molar-refractivity contribution in [1.29, 1.82) is 0 Å². The van der Waals surface area contributed by atoms with Gasteiger partial charge in [0.2, 0.25) is 0 Å². The highest BCUT2D eigenvalue weighted by atomic mass is 32.1. The van der Waals surface area contributed by atoms with E-state index in [0.717, 1.165) is 25.9 Å². The van der Waals surface area contributed by atoms with Crippen molar-refractivity contribution in [3.8, 4) is 0 Å². The first-order chi connectivity index (χ1) is 7.25. The van der Waals surface area contributed by atoms with Gasteiger partial charge in [0.1, 0.15) is 0 Å². The fraction of sp³-hybridized carbons (Fsp3) is 0.545. The fourth-order valence-corrected chi connectivity index (χ4v) is 2.60. The van der Waals surface area contributed by atoms with Crippen LogP contribution in [-0.2, 0) is 6.54 Å². The van der Waals surface area contributed by atoms with Crippen molar-refractivity contribution < 1.29 is 4.79 Å². The Morgan fingerprint density at radius 3 is 2.80 bits per heavy atom. The van der Waals surface area contributed by atoms with Crippen LogP contribution in [0.1, 0.15) is 22.6 Å². The zero-order valence-electron chi connectivity index (χ0n) is 8.95. The molecular formula is C11H16N2OS. The van der Waals surface area contributed by atoms with Gasteiger partial charge < -0.3 is 10.2 Å². The molecule has 1 saturated heterocycles. The van der Waals surface area contributed by atoms with E-state index in [2.05, 4.69) is 24.4 Å². The van der Waals surface area contributed by atoms with Crippen LogP contribution in [0.4, 0.5) is 4.79 Å². The Bertz CT molecular complexity index is 342. The highest BCUT2D eigenvalue weighted by molar-refractivity contribution is 7.11. The minimum absolute atomic E-state index is 0.0820. The van der Waals surface area contributed by atoms with Crippen LogP contribution in [0.25, 0.3) is 0 Å². The summed E-state index contributed by atoms with van der Waals surface area (Å²) < 4.78 is 0. The van der Waals surface area contributed by atoms with Gasteiger partial charge in [0.25, 0.3) is 0 Å². The van der Waals surface area contributed by atoms with Gasteiger partial charge in [0.05, 0.1) is 6.54 Å². The Labute approximate surface area is 94.1 Å². The first-order valence-corrected chi connectivity index (χ1v) is 6.15. The molecule has 3 nitrogen and oxygen atoms in total. The number of nitrogens with one attached hydrogen (secondary N) is 1. The van der Waals surface area contributed by atoms with Crippen molar-refractivity contribution in [3.63, 3.8) is 0 Å². The third kappa shape index (κ3) is 2.72. The molecule has 0 radical (unpaired) electrons. The van der Waals surface area contributed by atoms with E-state index in [1.54, 1.807) is 11.3 Å². The lowest BCUT2D eigenvalue weighted by Crippen LogP contribution is -2.37. The van der Waals surface area contributed by atoms with Crippen LogP contribution in [-0.4, -0.2) is 24.0 Å². The summed E-state index contributed by atoms with van der Waals surface area (Å²) in [5.74, 6) is 0. The molecule has 0 atom stereocenters. The summed E-state index contributed by atoms with van der Waals surface area (Å²) in [6.45, 7) is 4.56. The van der Waals surface area contributed by atoms with Crippen molar-refractivity contribution in [3.05, 3.63) is 21.9 Å². The average molecular weight is 224 g/mol. The number of likely N-dealkylation sites (tertiary alicyclic amines) is 1. The molecule has 2 rings (SSSR count). The van der Waals surface area contributed by atoms with Crippen LogP contribution in [0.2, 0.25) is 0 Å². The quantitative estimate of drug-likeness (QED) is 0.821. The lowest BCUT2D eigenvalue weighted by Gasteiger charge is -2.15. The van der Waals surface area contributed by atoms with Gasteiger partial charge >= 0.3 is 6.03 Å². The Hall–Kier alpha value is -1.03. The molecule has 1 N–H and O–H groups in total. The van der Waals surface area contributed by atoms with Gasteiger partial charge in [-0.2, -0.15) is 0 Å². The molecule has 0 saturated carbocycles. The summed E-state index contributed by atoms with van der Waals surface area (Å²) in [6, 6.07) is 4.24. The van der Waals surface area contributed by atoms with Gasteiger partial charge in [-0.3, -0.25) is 0 Å². The second kappa shape index (κ2) is 4.66. The van der Waals surface area contributed by atoms with E-state index in [1.807, 2.05) is 4.90 Å². The van der Waals surface area contributed by atoms with E-state index in [9.17, 15) is 4.79 Å². The minimum atomic E-state index is 0.0820. The Kier molecular flexibility index (Phi) is 3.26. The molecule has 1 aliphatic rings. The zero-order chi connectivity index (χ0) is 10.7. The maximum absolute atomic E-state index is 11.6. The van der Waals surface area contributed by atoms with E-state index in [4.69, 9.17) is 0 Å². The van der Waals surface area contributed by atoms with Gasteiger partial charge in [-0.25, -0.2) is 4.79 Å². The first kappa shape index (κ1) is 10.5. The number of nitrogens with zero attached hydrogens (tertiary/aromatic N) is 1. The predicted molar refractivity (Wildman–Crippen MR) is 62.1 cm³/mol. The molecule has 2 amide bonds. The fourth-order valence-electron chi connectivity index (χ4n) is 1.77. The van der Waals surface area contributed by atoms with Crippen molar-refractivity contribution >= 4 is 17.4 Å². The topological polar surface area (TPSA) is 32.3 Å². The van der Waals surface area contributed by atoms with Gasteiger partial charge in [0, 0.05) is 22.8 Å². The molecule has 1 aromatic rings. The molecule has 1 aliphatic heterocycles. The monoisotopic (exact) mass is 224 g/mol. The molecule has 4 heteroatoms. The third-order valence-electron chi connectivity index (χ3n) is 2.60. The normalized spacial score (nSPS) is 15.7. The van der Waals surface area contributed by atoms with E-state index in [1.165, 1.54) is 9.75 Å². The maximum atomic E-state index is 11.6. The molecule has 0 aromatic carbocycles. The molecule has 2 heterocycles. The third-order valence-corrected chi connectivity index (χ3v) is 3.60. The summed E-state index contributed by atoms with van der Waals surface area (Å²) in [5.41, 5.74) is 0. The van der Waals surface area contributed by atoms with Crippen LogP contribution in [0.3, 0.4) is 0 Å². The van der Waals surface area contributed by atoms with E-state index >= 15 is 0 Å². The van der Waals surface area contributed by atoms with E-state index in [-0.39, 0.29) is 6.03 Å². The number of hydrogen-bond donors (Lipinski definition) is 1. The second-order valence-corrected chi connectivity index (χ2v) is 5.24. The van der Waals surface area contributed by atoms with Crippen molar-refractivity contribution in [2.24, 2.45) is 0 Å². The lowest BCUT2D eigenvalue weighted by molar-refractivity contribution is 0.208. The number of carbonyl (C=O) groups is 1. The molecular weight excluding hydrogens is 208 g/mol. The molecule has 0 bridgehead atoms. The van der Waals surface area contributed by atoms with E-state index < -0.39 is 0 Å². The molecule has 15 heavy (non-hydrogen) atoms. The number of aryl methyl sites for hydroxylation is 1. The predicted octanol–water partition coefficient (Wildman–Crippen LogP) is 2.36. The smallest absolute Gasteiger partial charge is 0.317 e. The summed E-state index contributed by atoms with van der Waals surface area (Å²) in [6.07, 6.45) is 2.29. The Balaban J connectivity index is 1.80. The van der Waals surface area contributed by atoms with Gasteiger partial charge in [0.15, 0.2) is 0 Å². The number of urea groups is 1. The SMILES string of the molecule is Cc1ccc(CNC(=O)N2CCCC2)s1. The van der Waals surface area contributed by atoms with E-state index in [0.29, 0.717) is 6.54 Å². The summed E-state index contributed by atoms with van der Waals surface area (Å²) in [5, 5.41) is 2.95. The Morgan fingerprint density at radius 1 is 1.47 bits per heavy atom. The van der Waals surface area contributed by atoms with Crippen LogP contribution >= 0.6 is 11.3 Å². The van der Waals surface area contributed by atoms with Crippen LogP contribution in [0, 0.1) is 6.92 Å².